The number of hydrogen-bond acceptors (Lipinski definition) is 3. The fourth-order valence-corrected chi connectivity index (χ4v) is 9.03. The third-order valence-electron chi connectivity index (χ3n) is 13.6. The van der Waals surface area contributed by atoms with Crippen LogP contribution in [0.15, 0.2) is 85.1 Å². The second-order valence-electron chi connectivity index (χ2n) is 20.4. The fourth-order valence-electron chi connectivity index (χ4n) is 9.03. The molecule has 0 fully saturated rings. The first-order chi connectivity index (χ1) is 34.2. The van der Waals surface area contributed by atoms with Crippen molar-refractivity contribution in [1.82, 2.24) is 5.32 Å². The first-order valence-corrected chi connectivity index (χ1v) is 30.3. The predicted molar refractivity (Wildman–Crippen MR) is 308 cm³/mol. The van der Waals surface area contributed by atoms with E-state index < -0.39 is 12.1 Å². The van der Waals surface area contributed by atoms with Gasteiger partial charge in [-0.15, -0.1) is 0 Å². The predicted octanol–water partition coefficient (Wildman–Crippen LogP) is 20.3. The van der Waals surface area contributed by atoms with Crippen molar-refractivity contribution in [3.05, 3.63) is 85.1 Å². The number of carbonyl (C=O) groups is 1. The van der Waals surface area contributed by atoms with Crippen LogP contribution in [0.4, 0.5) is 0 Å². The first kappa shape index (κ1) is 66.6. The molecule has 0 saturated carbocycles. The third-order valence-corrected chi connectivity index (χ3v) is 13.6. The van der Waals surface area contributed by atoms with Gasteiger partial charge in [-0.05, 0) is 83.5 Å². The van der Waals surface area contributed by atoms with Gasteiger partial charge >= 0.3 is 0 Å². The molecule has 0 saturated heterocycles. The molecule has 0 aliphatic heterocycles. The zero-order valence-corrected chi connectivity index (χ0v) is 46.1. The van der Waals surface area contributed by atoms with Crippen LogP contribution in [0.5, 0.6) is 0 Å². The van der Waals surface area contributed by atoms with Crippen LogP contribution in [0.25, 0.3) is 0 Å². The number of aliphatic hydroxyl groups excluding tert-OH is 2. The second-order valence-corrected chi connectivity index (χ2v) is 20.4. The third kappa shape index (κ3) is 56.4. The van der Waals surface area contributed by atoms with E-state index in [1.165, 1.54) is 218 Å². The summed E-state index contributed by atoms with van der Waals surface area (Å²) in [7, 11) is 0. The smallest absolute Gasteiger partial charge is 0.220 e. The molecule has 0 radical (unpaired) electrons. The number of allylic oxidation sites excluding steroid dienone is 13. The molecule has 4 nitrogen and oxygen atoms in total. The number of nitrogens with one attached hydrogen (secondary N) is 1. The van der Waals surface area contributed by atoms with E-state index in [0.717, 1.165) is 64.2 Å². The normalized spacial score (nSPS) is 13.4. The van der Waals surface area contributed by atoms with Gasteiger partial charge in [-0.25, -0.2) is 0 Å². The number of amides is 1. The molecule has 1 amide bonds. The molecular formula is C65H117NO3. The molecule has 69 heavy (non-hydrogen) atoms. The molecule has 0 rings (SSSR count). The van der Waals surface area contributed by atoms with E-state index in [0.29, 0.717) is 6.42 Å². The maximum absolute atomic E-state index is 12.5. The molecule has 0 aliphatic rings. The van der Waals surface area contributed by atoms with Gasteiger partial charge in [0.15, 0.2) is 0 Å². The number of unbranched alkanes of at least 4 members (excludes halogenated alkanes) is 36. The van der Waals surface area contributed by atoms with Gasteiger partial charge in [0.1, 0.15) is 0 Å². The highest BCUT2D eigenvalue weighted by Gasteiger charge is 2.18. The molecule has 400 valence electrons. The van der Waals surface area contributed by atoms with Gasteiger partial charge in [0.25, 0.3) is 0 Å². The Balaban J connectivity index is 3.52. The maximum Gasteiger partial charge on any atom is 0.220 e. The highest BCUT2D eigenvalue weighted by Crippen LogP contribution is 2.17. The Morgan fingerprint density at radius 3 is 1.01 bits per heavy atom. The van der Waals surface area contributed by atoms with Crippen molar-refractivity contribution in [3.8, 4) is 0 Å². The second kappa shape index (κ2) is 59.9. The molecule has 0 heterocycles. The van der Waals surface area contributed by atoms with E-state index in [4.69, 9.17) is 0 Å². The quantitative estimate of drug-likeness (QED) is 0.0420. The van der Waals surface area contributed by atoms with Crippen LogP contribution in [0.1, 0.15) is 303 Å². The number of rotatable bonds is 55. The van der Waals surface area contributed by atoms with Gasteiger partial charge in [0, 0.05) is 6.42 Å². The van der Waals surface area contributed by atoms with Crippen molar-refractivity contribution >= 4 is 5.91 Å². The van der Waals surface area contributed by atoms with Crippen molar-refractivity contribution in [3.63, 3.8) is 0 Å². The highest BCUT2D eigenvalue weighted by molar-refractivity contribution is 5.76. The lowest BCUT2D eigenvalue weighted by molar-refractivity contribution is -0.123. The van der Waals surface area contributed by atoms with Crippen LogP contribution in [0.2, 0.25) is 0 Å². The van der Waals surface area contributed by atoms with Gasteiger partial charge in [0.05, 0.1) is 18.8 Å². The molecule has 0 aromatic carbocycles. The van der Waals surface area contributed by atoms with E-state index in [2.05, 4.69) is 92.1 Å². The average molecular weight is 961 g/mol. The van der Waals surface area contributed by atoms with E-state index in [1.54, 1.807) is 6.08 Å². The number of carbonyl (C=O) groups excluding carboxylic acids is 1. The summed E-state index contributed by atoms with van der Waals surface area (Å²) in [4.78, 5) is 12.5. The Kier molecular flexibility index (Phi) is 57.8. The summed E-state index contributed by atoms with van der Waals surface area (Å²) in [6.07, 6.45) is 87.7. The van der Waals surface area contributed by atoms with Crippen LogP contribution < -0.4 is 5.32 Å². The van der Waals surface area contributed by atoms with Crippen LogP contribution >= 0.6 is 0 Å². The lowest BCUT2D eigenvalue weighted by Crippen LogP contribution is -2.45. The van der Waals surface area contributed by atoms with Gasteiger partial charge < -0.3 is 15.5 Å². The Morgan fingerprint density at radius 2 is 0.652 bits per heavy atom. The van der Waals surface area contributed by atoms with Crippen molar-refractivity contribution in [2.75, 3.05) is 6.61 Å². The van der Waals surface area contributed by atoms with Crippen LogP contribution in [0, 0.1) is 0 Å². The summed E-state index contributed by atoms with van der Waals surface area (Å²) >= 11 is 0. The maximum atomic E-state index is 12.5. The van der Waals surface area contributed by atoms with E-state index >= 15 is 0 Å². The van der Waals surface area contributed by atoms with E-state index in [-0.39, 0.29) is 12.5 Å². The molecule has 4 heteroatoms. The van der Waals surface area contributed by atoms with Gasteiger partial charge in [0.2, 0.25) is 5.91 Å². The largest absolute Gasteiger partial charge is 0.394 e. The Morgan fingerprint density at radius 1 is 0.362 bits per heavy atom. The summed E-state index contributed by atoms with van der Waals surface area (Å²) in [5.74, 6) is -0.0755. The van der Waals surface area contributed by atoms with Crippen molar-refractivity contribution in [2.24, 2.45) is 0 Å². The lowest BCUT2D eigenvalue weighted by Gasteiger charge is -2.19. The van der Waals surface area contributed by atoms with Gasteiger partial charge in [-0.1, -0.05) is 298 Å². The Hall–Kier alpha value is -2.43. The minimum Gasteiger partial charge on any atom is -0.394 e. The highest BCUT2D eigenvalue weighted by atomic mass is 16.3. The summed E-state index contributed by atoms with van der Waals surface area (Å²) in [6, 6.07) is -0.649. The molecule has 0 bridgehead atoms. The minimum atomic E-state index is -0.874. The van der Waals surface area contributed by atoms with Crippen molar-refractivity contribution < 1.29 is 15.0 Å². The minimum absolute atomic E-state index is 0.0755. The van der Waals surface area contributed by atoms with Crippen molar-refractivity contribution in [2.45, 2.75) is 315 Å². The summed E-state index contributed by atoms with van der Waals surface area (Å²) < 4.78 is 0. The zero-order chi connectivity index (χ0) is 49.9. The molecule has 2 atom stereocenters. The summed E-state index contributed by atoms with van der Waals surface area (Å²) in [5.41, 5.74) is 0. The van der Waals surface area contributed by atoms with Gasteiger partial charge in [-0.3, -0.25) is 4.79 Å². The summed E-state index contributed by atoms with van der Waals surface area (Å²) in [6.45, 7) is 4.20. The SMILES string of the molecule is CC/C=C\C/C=C\C/C=C\C/C=C\CCCCCCCCCCCCCCCCCCCCCCC(=O)NC(CO)C(O)/C=C/CC/C=C/CC/C=C/CCCCCCCCCCCCCCCC. The van der Waals surface area contributed by atoms with Crippen LogP contribution in [-0.4, -0.2) is 34.9 Å². The molecule has 3 N–H and O–H groups in total. The topological polar surface area (TPSA) is 69.6 Å². The van der Waals surface area contributed by atoms with E-state index in [1.807, 2.05) is 6.08 Å². The molecule has 2 unspecified atom stereocenters. The molecule has 0 aromatic rings. The Labute approximate surface area is 431 Å². The van der Waals surface area contributed by atoms with Crippen molar-refractivity contribution in [1.29, 1.82) is 0 Å². The first-order valence-electron chi connectivity index (χ1n) is 30.3. The fraction of sp³-hybridized carbons (Fsp3) is 0.769. The van der Waals surface area contributed by atoms with Crippen LogP contribution in [-0.2, 0) is 4.79 Å². The average Bonchev–Trinajstić information content (AvgIpc) is 3.35. The molecular weight excluding hydrogens is 843 g/mol. The summed E-state index contributed by atoms with van der Waals surface area (Å²) in [5, 5.41) is 23.2. The van der Waals surface area contributed by atoms with E-state index in [9.17, 15) is 15.0 Å². The Bertz CT molecular complexity index is 1230. The lowest BCUT2D eigenvalue weighted by atomic mass is 10.0. The molecule has 0 aliphatic carbocycles. The molecule has 0 spiro atoms. The monoisotopic (exact) mass is 960 g/mol. The van der Waals surface area contributed by atoms with Gasteiger partial charge in [-0.2, -0.15) is 0 Å². The number of hydrogen-bond donors (Lipinski definition) is 3. The number of aliphatic hydroxyl groups is 2. The standard InChI is InChI=1S/C65H117NO3/c1-3-5-7-9-11-13-15-17-19-21-23-25-27-29-30-31-32-33-34-35-36-37-39-41-43-45-47-49-51-53-55-57-59-61-65(69)66-63(62-67)64(68)60-58-56-54-52-50-48-46-44-42-40-38-28-26-24-22-20-18-16-14-12-10-8-6-4-2/h5,7,11,13,17,19,23,25,42,44,50,52,58,60,63-64,67-68H,3-4,6,8-10,12,14-16,18,20-22,24,26-41,43,45-49,51,53-57,59,61-62H2,1-2H3,(H,66,69)/b7-5-,13-11-,19-17-,25-23-,44-42+,52-50+,60-58+. The molecule has 0 aromatic heterocycles. The van der Waals surface area contributed by atoms with Crippen LogP contribution in [0.3, 0.4) is 0 Å². The zero-order valence-electron chi connectivity index (χ0n) is 46.1.